The van der Waals surface area contributed by atoms with Gasteiger partial charge in [0, 0.05) is 11.9 Å². The highest BCUT2D eigenvalue weighted by atomic mass is 16.1. The van der Waals surface area contributed by atoms with E-state index in [0.717, 1.165) is 24.2 Å². The van der Waals surface area contributed by atoms with E-state index in [1.54, 1.807) is 17.1 Å². The van der Waals surface area contributed by atoms with Crippen molar-refractivity contribution in [2.24, 2.45) is 0 Å². The lowest BCUT2D eigenvalue weighted by atomic mass is 10.1. The predicted molar refractivity (Wildman–Crippen MR) is 92.0 cm³/mol. The summed E-state index contributed by atoms with van der Waals surface area (Å²) < 4.78 is 1.69. The second-order valence-corrected chi connectivity index (χ2v) is 5.41. The SMILES string of the molecule is CCCc1ccc(NC(=O)c2cnn(-c3ccccc3)c2)cc1. The predicted octanol–water partition coefficient (Wildman–Crippen LogP) is 4.08. The molecule has 0 radical (unpaired) electrons. The molecule has 3 rings (SSSR count). The highest BCUT2D eigenvalue weighted by Crippen LogP contribution is 2.13. The van der Waals surface area contributed by atoms with Crippen LogP contribution in [0, 0.1) is 0 Å². The number of rotatable bonds is 5. The third kappa shape index (κ3) is 3.66. The summed E-state index contributed by atoms with van der Waals surface area (Å²) in [7, 11) is 0. The number of carbonyl (C=O) groups is 1. The van der Waals surface area contributed by atoms with E-state index in [9.17, 15) is 4.79 Å². The maximum absolute atomic E-state index is 12.3. The fourth-order valence-corrected chi connectivity index (χ4v) is 2.41. The number of benzene rings is 2. The van der Waals surface area contributed by atoms with Gasteiger partial charge in [-0.1, -0.05) is 43.7 Å². The maximum atomic E-state index is 12.3. The Balaban J connectivity index is 1.70. The van der Waals surface area contributed by atoms with E-state index in [0.29, 0.717) is 5.56 Å². The van der Waals surface area contributed by atoms with Crippen LogP contribution < -0.4 is 5.32 Å². The fourth-order valence-electron chi connectivity index (χ4n) is 2.41. The van der Waals surface area contributed by atoms with Crippen LogP contribution in [-0.2, 0) is 6.42 Å². The number of carbonyl (C=O) groups excluding carboxylic acids is 1. The Bertz CT molecular complexity index is 776. The maximum Gasteiger partial charge on any atom is 0.258 e. The van der Waals surface area contributed by atoms with Gasteiger partial charge in [0.15, 0.2) is 0 Å². The second kappa shape index (κ2) is 6.92. The van der Waals surface area contributed by atoms with Crippen molar-refractivity contribution in [2.75, 3.05) is 5.32 Å². The van der Waals surface area contributed by atoms with Gasteiger partial charge in [-0.05, 0) is 36.2 Å². The van der Waals surface area contributed by atoms with Gasteiger partial charge >= 0.3 is 0 Å². The standard InChI is InChI=1S/C19H19N3O/c1-2-6-15-9-11-17(12-10-15)21-19(23)16-13-20-22(14-16)18-7-4-3-5-8-18/h3-5,7-14H,2,6H2,1H3,(H,21,23). The van der Waals surface area contributed by atoms with Crippen molar-refractivity contribution in [3.8, 4) is 5.69 Å². The van der Waals surface area contributed by atoms with Crippen molar-refractivity contribution in [1.29, 1.82) is 0 Å². The zero-order valence-electron chi connectivity index (χ0n) is 13.1. The van der Waals surface area contributed by atoms with Crippen LogP contribution in [0.2, 0.25) is 0 Å². The first-order valence-corrected chi connectivity index (χ1v) is 7.76. The summed E-state index contributed by atoms with van der Waals surface area (Å²) in [5.41, 5.74) is 3.53. The molecule has 1 aromatic heterocycles. The molecule has 0 aliphatic carbocycles. The highest BCUT2D eigenvalue weighted by molar-refractivity contribution is 6.03. The van der Waals surface area contributed by atoms with E-state index in [2.05, 4.69) is 17.3 Å². The van der Waals surface area contributed by atoms with Crippen LogP contribution >= 0.6 is 0 Å². The van der Waals surface area contributed by atoms with E-state index in [1.807, 2.05) is 54.6 Å². The zero-order chi connectivity index (χ0) is 16.1. The number of nitrogens with zero attached hydrogens (tertiary/aromatic N) is 2. The lowest BCUT2D eigenvalue weighted by Gasteiger charge is -2.05. The molecule has 2 aromatic carbocycles. The van der Waals surface area contributed by atoms with Gasteiger partial charge in [-0.2, -0.15) is 5.10 Å². The van der Waals surface area contributed by atoms with Gasteiger partial charge in [0.05, 0.1) is 17.4 Å². The number of amides is 1. The average Bonchev–Trinajstić information content (AvgIpc) is 3.08. The Morgan fingerprint density at radius 1 is 1.09 bits per heavy atom. The third-order valence-corrected chi connectivity index (χ3v) is 3.62. The number of anilines is 1. The molecule has 0 bridgehead atoms. The summed E-state index contributed by atoms with van der Waals surface area (Å²) in [6, 6.07) is 17.7. The zero-order valence-corrected chi connectivity index (χ0v) is 13.1. The molecule has 0 aliphatic heterocycles. The summed E-state index contributed by atoms with van der Waals surface area (Å²) in [6.07, 6.45) is 5.48. The molecule has 1 N–H and O–H groups in total. The second-order valence-electron chi connectivity index (χ2n) is 5.41. The molecule has 0 saturated heterocycles. The van der Waals surface area contributed by atoms with Crippen LogP contribution in [0.5, 0.6) is 0 Å². The first kappa shape index (κ1) is 15.0. The smallest absolute Gasteiger partial charge is 0.258 e. The third-order valence-electron chi connectivity index (χ3n) is 3.62. The molecule has 1 heterocycles. The Hall–Kier alpha value is -2.88. The number of para-hydroxylation sites is 1. The minimum absolute atomic E-state index is 0.157. The van der Waals surface area contributed by atoms with Crippen LogP contribution in [0.4, 0.5) is 5.69 Å². The first-order valence-electron chi connectivity index (χ1n) is 7.76. The van der Waals surface area contributed by atoms with Crippen LogP contribution in [0.3, 0.4) is 0 Å². The summed E-state index contributed by atoms with van der Waals surface area (Å²) in [6.45, 7) is 2.15. The molecule has 23 heavy (non-hydrogen) atoms. The largest absolute Gasteiger partial charge is 0.322 e. The number of nitrogens with one attached hydrogen (secondary N) is 1. The molecule has 0 atom stereocenters. The quantitative estimate of drug-likeness (QED) is 0.772. The Morgan fingerprint density at radius 2 is 1.83 bits per heavy atom. The normalized spacial score (nSPS) is 10.5. The Kier molecular flexibility index (Phi) is 4.52. The van der Waals surface area contributed by atoms with Gasteiger partial charge < -0.3 is 5.32 Å². The fraction of sp³-hybridized carbons (Fsp3) is 0.158. The van der Waals surface area contributed by atoms with Crippen LogP contribution in [0.15, 0.2) is 67.0 Å². The van der Waals surface area contributed by atoms with Crippen molar-refractivity contribution in [1.82, 2.24) is 9.78 Å². The topological polar surface area (TPSA) is 46.9 Å². The van der Waals surface area contributed by atoms with Crippen molar-refractivity contribution in [3.05, 3.63) is 78.1 Å². The molecule has 0 unspecified atom stereocenters. The average molecular weight is 305 g/mol. The first-order chi connectivity index (χ1) is 11.3. The van der Waals surface area contributed by atoms with E-state index < -0.39 is 0 Å². The molecule has 4 nitrogen and oxygen atoms in total. The molecule has 4 heteroatoms. The number of aromatic nitrogens is 2. The van der Waals surface area contributed by atoms with E-state index in [4.69, 9.17) is 0 Å². The Morgan fingerprint density at radius 3 is 2.52 bits per heavy atom. The molecular formula is C19H19N3O. The van der Waals surface area contributed by atoms with E-state index in [-0.39, 0.29) is 5.91 Å². The van der Waals surface area contributed by atoms with Gasteiger partial charge in [-0.25, -0.2) is 4.68 Å². The van der Waals surface area contributed by atoms with E-state index >= 15 is 0 Å². The van der Waals surface area contributed by atoms with E-state index in [1.165, 1.54) is 5.56 Å². The van der Waals surface area contributed by atoms with Gasteiger partial charge in [-0.3, -0.25) is 4.79 Å². The summed E-state index contributed by atoms with van der Waals surface area (Å²) in [5.74, 6) is -0.157. The molecule has 0 fully saturated rings. The van der Waals surface area contributed by atoms with Gasteiger partial charge in [0.2, 0.25) is 0 Å². The van der Waals surface area contributed by atoms with Crippen molar-refractivity contribution >= 4 is 11.6 Å². The molecule has 1 amide bonds. The summed E-state index contributed by atoms with van der Waals surface area (Å²) in [5, 5.41) is 7.14. The van der Waals surface area contributed by atoms with Crippen molar-refractivity contribution in [3.63, 3.8) is 0 Å². The monoisotopic (exact) mass is 305 g/mol. The van der Waals surface area contributed by atoms with Gasteiger partial charge in [0.1, 0.15) is 0 Å². The lowest BCUT2D eigenvalue weighted by molar-refractivity contribution is 0.102. The van der Waals surface area contributed by atoms with Gasteiger partial charge in [-0.15, -0.1) is 0 Å². The molecule has 0 aliphatic rings. The molecule has 3 aromatic rings. The van der Waals surface area contributed by atoms with Crippen molar-refractivity contribution < 1.29 is 4.79 Å². The highest BCUT2D eigenvalue weighted by Gasteiger charge is 2.09. The van der Waals surface area contributed by atoms with Crippen molar-refractivity contribution in [2.45, 2.75) is 19.8 Å². The molecule has 0 saturated carbocycles. The lowest BCUT2D eigenvalue weighted by Crippen LogP contribution is -2.11. The number of hydrogen-bond acceptors (Lipinski definition) is 2. The van der Waals surface area contributed by atoms with Crippen LogP contribution in [0.25, 0.3) is 5.69 Å². The molecule has 116 valence electrons. The van der Waals surface area contributed by atoms with Crippen LogP contribution in [-0.4, -0.2) is 15.7 Å². The number of hydrogen-bond donors (Lipinski definition) is 1. The summed E-state index contributed by atoms with van der Waals surface area (Å²) >= 11 is 0. The van der Waals surface area contributed by atoms with Gasteiger partial charge in [0.25, 0.3) is 5.91 Å². The number of aryl methyl sites for hydroxylation is 1. The molecule has 0 spiro atoms. The van der Waals surface area contributed by atoms with Crippen LogP contribution in [0.1, 0.15) is 29.3 Å². The Labute approximate surface area is 135 Å². The summed E-state index contributed by atoms with van der Waals surface area (Å²) in [4.78, 5) is 12.3. The minimum Gasteiger partial charge on any atom is -0.322 e. The minimum atomic E-state index is -0.157. The molecular weight excluding hydrogens is 286 g/mol.